The minimum atomic E-state index is -3.58. The van der Waals surface area contributed by atoms with Crippen molar-refractivity contribution in [3.8, 4) is 0 Å². The Kier molecular flexibility index (Phi) is 5.46. The summed E-state index contributed by atoms with van der Waals surface area (Å²) in [6.07, 6.45) is 1.25. The summed E-state index contributed by atoms with van der Waals surface area (Å²) < 4.78 is 25.1. The van der Waals surface area contributed by atoms with Crippen LogP contribution >= 0.6 is 0 Å². The van der Waals surface area contributed by atoms with Crippen molar-refractivity contribution in [2.75, 3.05) is 12.8 Å². The van der Waals surface area contributed by atoms with E-state index >= 15 is 0 Å². The molecule has 2 N–H and O–H groups in total. The van der Waals surface area contributed by atoms with E-state index in [0.717, 1.165) is 11.2 Å². The van der Waals surface area contributed by atoms with E-state index in [1.165, 1.54) is 6.92 Å². The monoisotopic (exact) mass is 319 g/mol. The van der Waals surface area contributed by atoms with Crippen molar-refractivity contribution in [1.82, 2.24) is 14.9 Å². The van der Waals surface area contributed by atoms with Crippen LogP contribution in [0.1, 0.15) is 27.2 Å². The molecule has 2 unspecified atom stereocenters. The third-order valence-electron chi connectivity index (χ3n) is 3.07. The Morgan fingerprint density at radius 1 is 1.43 bits per heavy atom. The lowest BCUT2D eigenvalue weighted by atomic mass is 10.0. The predicted octanol–water partition coefficient (Wildman–Crippen LogP) is -1.18. The number of carbonyl (C=O) groups is 3. The Balaban J connectivity index is 2.97. The first-order valence-electron chi connectivity index (χ1n) is 6.62. The average molecular weight is 319 g/mol. The molecule has 1 saturated heterocycles. The molecule has 1 fully saturated rings. The number of piperazine rings is 1. The number of rotatable bonds is 5. The topological polar surface area (TPSA) is 113 Å². The summed E-state index contributed by atoms with van der Waals surface area (Å²) in [5, 5.41) is 2.13. The Hall–Kier alpha value is -1.48. The highest BCUT2D eigenvalue weighted by molar-refractivity contribution is 7.88. The molecule has 1 aliphatic rings. The number of sulfonamides is 1. The molecule has 0 aromatic heterocycles. The normalized spacial score (nSPS) is 21.4. The summed E-state index contributed by atoms with van der Waals surface area (Å²) in [6.45, 7) is 4.93. The number of hydrogen-bond acceptors (Lipinski definition) is 5. The largest absolute Gasteiger partial charge is 0.320 e. The zero-order valence-electron chi connectivity index (χ0n) is 12.5. The van der Waals surface area contributed by atoms with E-state index in [-0.39, 0.29) is 18.9 Å². The molecule has 0 aliphatic carbocycles. The van der Waals surface area contributed by atoms with Gasteiger partial charge in [-0.05, 0) is 19.3 Å². The summed E-state index contributed by atoms with van der Waals surface area (Å²) in [5.74, 6) is -1.64. The maximum atomic E-state index is 12.5. The van der Waals surface area contributed by atoms with Crippen LogP contribution in [0.15, 0.2) is 0 Å². The van der Waals surface area contributed by atoms with E-state index < -0.39 is 39.8 Å². The Morgan fingerprint density at radius 2 is 2.00 bits per heavy atom. The molecular weight excluding hydrogens is 298 g/mol. The summed E-state index contributed by atoms with van der Waals surface area (Å²) in [4.78, 5) is 36.6. The van der Waals surface area contributed by atoms with Crippen LogP contribution < -0.4 is 10.0 Å². The highest BCUT2D eigenvalue weighted by Crippen LogP contribution is 2.13. The van der Waals surface area contributed by atoms with Gasteiger partial charge in [0.1, 0.15) is 18.6 Å². The SMILES string of the molecule is CC(C)CC(NS(C)(=O)=O)C(=O)N1CC(=O)NC(=O)C1C. The predicted molar refractivity (Wildman–Crippen MR) is 75.5 cm³/mol. The van der Waals surface area contributed by atoms with Crippen LogP contribution in [0.5, 0.6) is 0 Å². The van der Waals surface area contributed by atoms with Gasteiger partial charge >= 0.3 is 0 Å². The standard InChI is InChI=1S/C12H21N3O5S/c1-7(2)5-9(14-21(4,19)20)12(18)15-6-10(16)13-11(17)8(15)3/h7-9,14H,5-6H2,1-4H3,(H,13,16,17). The second-order valence-corrected chi connectivity index (χ2v) is 7.41. The molecule has 9 heteroatoms. The summed E-state index contributed by atoms with van der Waals surface area (Å²) in [7, 11) is -3.58. The van der Waals surface area contributed by atoms with Gasteiger partial charge in [-0.2, -0.15) is 0 Å². The van der Waals surface area contributed by atoms with Gasteiger partial charge in [0.25, 0.3) is 0 Å². The lowest BCUT2D eigenvalue weighted by molar-refractivity contribution is -0.150. The number of carbonyl (C=O) groups excluding carboxylic acids is 3. The van der Waals surface area contributed by atoms with E-state index in [1.54, 1.807) is 0 Å². The smallest absolute Gasteiger partial charge is 0.249 e. The number of hydrogen-bond donors (Lipinski definition) is 2. The fourth-order valence-electron chi connectivity index (χ4n) is 2.11. The summed E-state index contributed by atoms with van der Waals surface area (Å²) in [5.41, 5.74) is 0. The highest BCUT2D eigenvalue weighted by atomic mass is 32.2. The molecule has 0 saturated carbocycles. The first-order chi connectivity index (χ1) is 9.51. The van der Waals surface area contributed by atoms with E-state index in [2.05, 4.69) is 10.0 Å². The Morgan fingerprint density at radius 3 is 2.48 bits per heavy atom. The summed E-state index contributed by atoms with van der Waals surface area (Å²) >= 11 is 0. The second-order valence-electron chi connectivity index (χ2n) is 5.63. The van der Waals surface area contributed by atoms with Gasteiger partial charge in [0, 0.05) is 0 Å². The van der Waals surface area contributed by atoms with Crippen molar-refractivity contribution >= 4 is 27.7 Å². The van der Waals surface area contributed by atoms with Gasteiger partial charge in [0.15, 0.2) is 0 Å². The molecule has 3 amide bonds. The lowest BCUT2D eigenvalue weighted by Gasteiger charge is -2.34. The van der Waals surface area contributed by atoms with Gasteiger partial charge in [0.05, 0.1) is 6.26 Å². The van der Waals surface area contributed by atoms with Crippen molar-refractivity contribution < 1.29 is 22.8 Å². The minimum Gasteiger partial charge on any atom is -0.320 e. The first-order valence-corrected chi connectivity index (χ1v) is 8.52. The van der Waals surface area contributed by atoms with Crippen molar-refractivity contribution in [2.45, 2.75) is 39.3 Å². The van der Waals surface area contributed by atoms with Crippen molar-refractivity contribution in [1.29, 1.82) is 0 Å². The molecule has 0 aromatic rings. The van der Waals surface area contributed by atoms with Crippen LogP contribution in [0, 0.1) is 5.92 Å². The number of imide groups is 1. The van der Waals surface area contributed by atoms with Crippen LogP contribution in [0.25, 0.3) is 0 Å². The zero-order chi connectivity index (χ0) is 16.4. The molecule has 0 spiro atoms. The first kappa shape index (κ1) is 17.6. The molecule has 0 aromatic carbocycles. The minimum absolute atomic E-state index is 0.0674. The van der Waals surface area contributed by atoms with Crippen LogP contribution in [0.4, 0.5) is 0 Å². The fourth-order valence-corrected chi connectivity index (χ4v) is 2.83. The molecule has 0 radical (unpaired) electrons. The van der Waals surface area contributed by atoms with Gasteiger partial charge in [-0.3, -0.25) is 19.7 Å². The van der Waals surface area contributed by atoms with Crippen molar-refractivity contribution in [3.63, 3.8) is 0 Å². The molecular formula is C12H21N3O5S. The third-order valence-corrected chi connectivity index (χ3v) is 3.78. The van der Waals surface area contributed by atoms with Gasteiger partial charge in [0.2, 0.25) is 27.7 Å². The average Bonchev–Trinajstić information content (AvgIpc) is 2.29. The molecule has 2 atom stereocenters. The molecule has 8 nitrogen and oxygen atoms in total. The van der Waals surface area contributed by atoms with E-state index in [0.29, 0.717) is 0 Å². The quantitative estimate of drug-likeness (QED) is 0.620. The molecule has 21 heavy (non-hydrogen) atoms. The van der Waals surface area contributed by atoms with Crippen LogP contribution in [0.3, 0.4) is 0 Å². The molecule has 1 heterocycles. The Labute approximate surface area is 124 Å². The van der Waals surface area contributed by atoms with E-state index in [9.17, 15) is 22.8 Å². The maximum absolute atomic E-state index is 12.5. The molecule has 0 bridgehead atoms. The summed E-state index contributed by atoms with van der Waals surface area (Å²) in [6, 6.07) is -1.80. The fraction of sp³-hybridized carbons (Fsp3) is 0.750. The van der Waals surface area contributed by atoms with Crippen LogP contribution in [-0.2, 0) is 24.4 Å². The Bertz CT molecular complexity index is 543. The molecule has 1 aliphatic heterocycles. The number of nitrogens with zero attached hydrogens (tertiary/aromatic N) is 1. The molecule has 1 rings (SSSR count). The van der Waals surface area contributed by atoms with E-state index in [1.807, 2.05) is 13.8 Å². The lowest BCUT2D eigenvalue weighted by Crippen LogP contribution is -2.62. The van der Waals surface area contributed by atoms with Crippen LogP contribution in [-0.4, -0.2) is 55.9 Å². The van der Waals surface area contributed by atoms with Gasteiger partial charge in [-0.1, -0.05) is 13.8 Å². The number of nitrogens with one attached hydrogen (secondary N) is 2. The van der Waals surface area contributed by atoms with Gasteiger partial charge < -0.3 is 4.90 Å². The zero-order valence-corrected chi connectivity index (χ0v) is 13.4. The van der Waals surface area contributed by atoms with Crippen molar-refractivity contribution in [2.24, 2.45) is 5.92 Å². The van der Waals surface area contributed by atoms with Crippen molar-refractivity contribution in [3.05, 3.63) is 0 Å². The molecule has 120 valence electrons. The third kappa shape index (κ3) is 5.09. The maximum Gasteiger partial charge on any atom is 0.249 e. The number of amides is 3. The van der Waals surface area contributed by atoms with Gasteiger partial charge in [-0.15, -0.1) is 0 Å². The highest BCUT2D eigenvalue weighted by Gasteiger charge is 2.37. The van der Waals surface area contributed by atoms with Crippen LogP contribution in [0.2, 0.25) is 0 Å². The van der Waals surface area contributed by atoms with E-state index in [4.69, 9.17) is 0 Å². The second kappa shape index (κ2) is 6.52. The van der Waals surface area contributed by atoms with Gasteiger partial charge in [-0.25, -0.2) is 13.1 Å².